The zero-order valence-corrected chi connectivity index (χ0v) is 20.1. The Morgan fingerprint density at radius 2 is 1.64 bits per heavy atom. The third-order valence-corrected chi connectivity index (χ3v) is 4.97. The highest BCUT2D eigenvalue weighted by molar-refractivity contribution is 6.01. The van der Waals surface area contributed by atoms with Gasteiger partial charge >= 0.3 is 5.97 Å². The van der Waals surface area contributed by atoms with E-state index in [1.165, 1.54) is 65.0 Å². The molecule has 0 fully saturated rings. The van der Waals surface area contributed by atoms with Gasteiger partial charge in [0, 0.05) is 0 Å². The Bertz CT molecular complexity index is 1280. The van der Waals surface area contributed by atoms with Crippen molar-refractivity contribution in [1.29, 1.82) is 5.26 Å². The Hall–Kier alpha value is -4.91. The molecule has 186 valence electrons. The molecule has 1 aromatic heterocycles. The molecule has 0 saturated heterocycles. The standard InChI is InChI=1S/C26H24N2O8/c1-31-21-11-16(10-18(14-27)25(29)28-15-19-6-5-9-35-19)7-8-20(21)36-26(30)17-12-22(32-2)24(34-4)23(13-17)33-3/h5-13H,15H2,1-4H3,(H,28,29)/b18-10+. The summed E-state index contributed by atoms with van der Waals surface area (Å²) in [6, 6.07) is 12.8. The summed E-state index contributed by atoms with van der Waals surface area (Å²) in [5.74, 6) is 0.590. The van der Waals surface area contributed by atoms with Gasteiger partial charge in [-0.3, -0.25) is 4.79 Å². The van der Waals surface area contributed by atoms with Crippen LogP contribution in [0.25, 0.3) is 6.08 Å². The largest absolute Gasteiger partial charge is 0.493 e. The van der Waals surface area contributed by atoms with Crippen molar-refractivity contribution >= 4 is 18.0 Å². The molecule has 10 nitrogen and oxygen atoms in total. The number of esters is 1. The number of ether oxygens (including phenoxy) is 5. The topological polar surface area (TPSA) is 129 Å². The summed E-state index contributed by atoms with van der Waals surface area (Å²) < 4.78 is 31.9. The normalized spacial score (nSPS) is 10.7. The van der Waals surface area contributed by atoms with Crippen LogP contribution in [0.2, 0.25) is 0 Å². The van der Waals surface area contributed by atoms with E-state index >= 15 is 0 Å². The lowest BCUT2D eigenvalue weighted by molar-refractivity contribution is -0.117. The van der Waals surface area contributed by atoms with E-state index < -0.39 is 11.9 Å². The molecule has 0 aliphatic carbocycles. The molecule has 0 atom stereocenters. The Balaban J connectivity index is 1.80. The van der Waals surface area contributed by atoms with E-state index in [1.807, 2.05) is 6.07 Å². The van der Waals surface area contributed by atoms with Crippen LogP contribution in [0.3, 0.4) is 0 Å². The lowest BCUT2D eigenvalue weighted by atomic mass is 10.1. The zero-order valence-electron chi connectivity index (χ0n) is 20.1. The number of carbonyl (C=O) groups is 2. The Kier molecular flexibility index (Phi) is 8.56. The monoisotopic (exact) mass is 492 g/mol. The third-order valence-electron chi connectivity index (χ3n) is 4.97. The maximum absolute atomic E-state index is 12.8. The molecular weight excluding hydrogens is 468 g/mol. The number of hydrogen-bond donors (Lipinski definition) is 1. The fourth-order valence-electron chi connectivity index (χ4n) is 3.21. The number of hydrogen-bond acceptors (Lipinski definition) is 9. The maximum atomic E-state index is 12.8. The van der Waals surface area contributed by atoms with Crippen molar-refractivity contribution in [2.75, 3.05) is 28.4 Å². The second kappa shape index (κ2) is 12.0. The van der Waals surface area contributed by atoms with Crippen LogP contribution in [-0.4, -0.2) is 40.3 Å². The van der Waals surface area contributed by atoms with E-state index in [4.69, 9.17) is 28.1 Å². The summed E-state index contributed by atoms with van der Waals surface area (Å²) >= 11 is 0. The summed E-state index contributed by atoms with van der Waals surface area (Å²) in [4.78, 5) is 25.2. The first-order chi connectivity index (χ1) is 17.4. The van der Waals surface area contributed by atoms with E-state index in [-0.39, 0.29) is 29.2 Å². The molecule has 0 radical (unpaired) electrons. The second-order valence-corrected chi connectivity index (χ2v) is 7.15. The maximum Gasteiger partial charge on any atom is 0.343 e. The number of benzene rings is 2. The van der Waals surface area contributed by atoms with Crippen LogP contribution in [0, 0.1) is 11.3 Å². The smallest absolute Gasteiger partial charge is 0.343 e. The number of methoxy groups -OCH3 is 4. The number of nitrogens with zero attached hydrogens (tertiary/aromatic N) is 1. The fraction of sp³-hybridized carbons (Fsp3) is 0.192. The quantitative estimate of drug-likeness (QED) is 0.195. The molecule has 10 heteroatoms. The fourth-order valence-corrected chi connectivity index (χ4v) is 3.21. The number of nitriles is 1. The van der Waals surface area contributed by atoms with Gasteiger partial charge in [-0.05, 0) is 48.0 Å². The van der Waals surface area contributed by atoms with Crippen molar-refractivity contribution in [3.8, 4) is 34.8 Å². The van der Waals surface area contributed by atoms with Crippen LogP contribution < -0.4 is 29.0 Å². The first-order valence-corrected chi connectivity index (χ1v) is 10.6. The van der Waals surface area contributed by atoms with Crippen molar-refractivity contribution in [2.24, 2.45) is 0 Å². The molecule has 3 aromatic rings. The molecule has 1 N–H and O–H groups in total. The van der Waals surface area contributed by atoms with Crippen molar-refractivity contribution < 1.29 is 37.7 Å². The highest BCUT2D eigenvalue weighted by Crippen LogP contribution is 2.39. The number of carbonyl (C=O) groups excluding carboxylic acids is 2. The lowest BCUT2D eigenvalue weighted by Crippen LogP contribution is -2.23. The van der Waals surface area contributed by atoms with Crippen LogP contribution in [0.15, 0.2) is 58.7 Å². The van der Waals surface area contributed by atoms with Crippen LogP contribution in [0.1, 0.15) is 21.7 Å². The average Bonchev–Trinajstić information content (AvgIpc) is 3.43. The molecule has 0 spiro atoms. The predicted octanol–water partition coefficient (Wildman–Crippen LogP) is 3.76. The second-order valence-electron chi connectivity index (χ2n) is 7.15. The minimum Gasteiger partial charge on any atom is -0.493 e. The molecule has 0 unspecified atom stereocenters. The Labute approximate surface area is 207 Å². The highest BCUT2D eigenvalue weighted by atomic mass is 16.6. The van der Waals surface area contributed by atoms with Crippen molar-refractivity contribution in [2.45, 2.75) is 6.54 Å². The van der Waals surface area contributed by atoms with Gasteiger partial charge in [0.15, 0.2) is 23.0 Å². The molecule has 0 aliphatic rings. The average molecular weight is 492 g/mol. The lowest BCUT2D eigenvalue weighted by Gasteiger charge is -2.14. The SMILES string of the molecule is COc1cc(/C=C(\C#N)C(=O)NCc2ccco2)ccc1OC(=O)c1cc(OC)c(OC)c(OC)c1. The minimum absolute atomic E-state index is 0.120. The van der Waals surface area contributed by atoms with Gasteiger partial charge in [0.2, 0.25) is 5.75 Å². The molecule has 0 aliphatic heterocycles. The van der Waals surface area contributed by atoms with E-state index in [9.17, 15) is 14.9 Å². The molecule has 2 aromatic carbocycles. The van der Waals surface area contributed by atoms with Crippen LogP contribution in [0.4, 0.5) is 0 Å². The summed E-state index contributed by atoms with van der Waals surface area (Å²) in [6.07, 6.45) is 2.88. The molecule has 36 heavy (non-hydrogen) atoms. The van der Waals surface area contributed by atoms with Crippen LogP contribution in [-0.2, 0) is 11.3 Å². The summed E-state index contributed by atoms with van der Waals surface area (Å²) in [5.41, 5.74) is 0.533. The highest BCUT2D eigenvalue weighted by Gasteiger charge is 2.20. The van der Waals surface area contributed by atoms with Gasteiger partial charge in [0.1, 0.15) is 17.4 Å². The van der Waals surface area contributed by atoms with Crippen LogP contribution in [0.5, 0.6) is 28.7 Å². The summed E-state index contributed by atoms with van der Waals surface area (Å²) in [5, 5.41) is 12.0. The third kappa shape index (κ3) is 5.95. The molecule has 0 saturated carbocycles. The van der Waals surface area contributed by atoms with Crippen molar-refractivity contribution in [1.82, 2.24) is 5.32 Å². The van der Waals surface area contributed by atoms with E-state index in [0.29, 0.717) is 28.6 Å². The van der Waals surface area contributed by atoms with Gasteiger partial charge in [0.25, 0.3) is 5.91 Å². The van der Waals surface area contributed by atoms with Crippen molar-refractivity contribution in [3.05, 3.63) is 71.2 Å². The predicted molar refractivity (Wildman–Crippen MR) is 128 cm³/mol. The van der Waals surface area contributed by atoms with Gasteiger partial charge in [0.05, 0.1) is 46.8 Å². The van der Waals surface area contributed by atoms with Gasteiger partial charge in [-0.1, -0.05) is 6.07 Å². The molecular formula is C26H24N2O8. The van der Waals surface area contributed by atoms with Gasteiger partial charge in [-0.2, -0.15) is 5.26 Å². The minimum atomic E-state index is -0.689. The first kappa shape index (κ1) is 25.7. The number of amides is 1. The number of rotatable bonds is 10. The Morgan fingerprint density at radius 3 is 2.19 bits per heavy atom. The molecule has 0 bridgehead atoms. The molecule has 1 amide bonds. The molecule has 1 heterocycles. The Morgan fingerprint density at radius 1 is 0.944 bits per heavy atom. The summed E-state index contributed by atoms with van der Waals surface area (Å²) in [6.45, 7) is 0.143. The molecule has 3 rings (SSSR count). The van der Waals surface area contributed by atoms with Gasteiger partial charge < -0.3 is 33.4 Å². The van der Waals surface area contributed by atoms with Crippen molar-refractivity contribution in [3.63, 3.8) is 0 Å². The van der Waals surface area contributed by atoms with E-state index in [0.717, 1.165) is 0 Å². The first-order valence-electron chi connectivity index (χ1n) is 10.6. The number of furan rings is 1. The zero-order chi connectivity index (χ0) is 26.1. The van der Waals surface area contributed by atoms with Gasteiger partial charge in [-0.25, -0.2) is 4.79 Å². The van der Waals surface area contributed by atoms with Crippen LogP contribution >= 0.6 is 0 Å². The van der Waals surface area contributed by atoms with Gasteiger partial charge in [-0.15, -0.1) is 0 Å². The van der Waals surface area contributed by atoms with E-state index in [1.54, 1.807) is 18.2 Å². The number of nitrogens with one attached hydrogen (secondary N) is 1. The van der Waals surface area contributed by atoms with E-state index in [2.05, 4.69) is 5.32 Å². The summed E-state index contributed by atoms with van der Waals surface area (Å²) in [7, 11) is 5.74.